The second-order valence-corrected chi connectivity index (χ2v) is 5.19. The Morgan fingerprint density at radius 3 is 2.50 bits per heavy atom. The first-order chi connectivity index (χ1) is 8.65. The summed E-state index contributed by atoms with van der Waals surface area (Å²) in [6, 6.07) is 0. The van der Waals surface area contributed by atoms with E-state index in [-0.39, 0.29) is 0 Å². The number of allylic oxidation sites excluding steroid dienone is 5. The SMILES string of the molecule is C\C=C/C=C(\C=C/C(C)C)C(CCCC)CNC. The average molecular weight is 249 g/mol. The Kier molecular flexibility index (Phi) is 10.8. The predicted molar refractivity (Wildman–Crippen MR) is 83.8 cm³/mol. The molecule has 1 heteroatoms. The Morgan fingerprint density at radius 1 is 1.28 bits per heavy atom. The highest BCUT2D eigenvalue weighted by Gasteiger charge is 2.10. The molecule has 0 aliphatic carbocycles. The Labute approximate surface area is 114 Å². The van der Waals surface area contributed by atoms with Crippen molar-refractivity contribution in [2.24, 2.45) is 11.8 Å². The van der Waals surface area contributed by atoms with Gasteiger partial charge in [-0.1, -0.05) is 64.0 Å². The lowest BCUT2D eigenvalue weighted by Gasteiger charge is -2.18. The van der Waals surface area contributed by atoms with Gasteiger partial charge in [0.05, 0.1) is 0 Å². The number of hydrogen-bond acceptors (Lipinski definition) is 1. The monoisotopic (exact) mass is 249 g/mol. The maximum atomic E-state index is 3.32. The van der Waals surface area contributed by atoms with Gasteiger partial charge in [-0.2, -0.15) is 0 Å². The average Bonchev–Trinajstić information content (AvgIpc) is 2.35. The number of hydrogen-bond donors (Lipinski definition) is 1. The van der Waals surface area contributed by atoms with E-state index in [2.05, 4.69) is 63.4 Å². The summed E-state index contributed by atoms with van der Waals surface area (Å²) in [6.07, 6.45) is 14.9. The Hall–Kier alpha value is -0.820. The number of nitrogens with one attached hydrogen (secondary N) is 1. The summed E-state index contributed by atoms with van der Waals surface area (Å²) in [5, 5.41) is 3.32. The van der Waals surface area contributed by atoms with Gasteiger partial charge in [0, 0.05) is 6.54 Å². The summed E-state index contributed by atoms with van der Waals surface area (Å²) in [5.41, 5.74) is 1.45. The summed E-state index contributed by atoms with van der Waals surface area (Å²) in [7, 11) is 2.04. The van der Waals surface area contributed by atoms with Crippen molar-refractivity contribution in [2.75, 3.05) is 13.6 Å². The summed E-state index contributed by atoms with van der Waals surface area (Å²) in [4.78, 5) is 0. The molecule has 1 unspecified atom stereocenters. The maximum Gasteiger partial charge on any atom is 0.00171 e. The highest BCUT2D eigenvalue weighted by molar-refractivity contribution is 5.27. The van der Waals surface area contributed by atoms with Crippen LogP contribution in [-0.2, 0) is 0 Å². The van der Waals surface area contributed by atoms with Crippen molar-refractivity contribution < 1.29 is 0 Å². The molecule has 0 heterocycles. The summed E-state index contributed by atoms with van der Waals surface area (Å²) >= 11 is 0. The van der Waals surface area contributed by atoms with Crippen LogP contribution in [0.1, 0.15) is 47.0 Å². The lowest BCUT2D eigenvalue weighted by molar-refractivity contribution is 0.512. The van der Waals surface area contributed by atoms with Crippen molar-refractivity contribution in [3.8, 4) is 0 Å². The van der Waals surface area contributed by atoms with Crippen LogP contribution in [-0.4, -0.2) is 13.6 Å². The van der Waals surface area contributed by atoms with E-state index in [4.69, 9.17) is 0 Å². The van der Waals surface area contributed by atoms with Gasteiger partial charge in [0.15, 0.2) is 0 Å². The third-order valence-electron chi connectivity index (χ3n) is 2.98. The third-order valence-corrected chi connectivity index (χ3v) is 2.98. The minimum atomic E-state index is 0.611. The van der Waals surface area contributed by atoms with Crippen LogP contribution in [0.2, 0.25) is 0 Å². The van der Waals surface area contributed by atoms with Crippen molar-refractivity contribution in [1.82, 2.24) is 5.32 Å². The van der Waals surface area contributed by atoms with Crippen LogP contribution < -0.4 is 5.32 Å². The van der Waals surface area contributed by atoms with Crippen LogP contribution in [0.4, 0.5) is 0 Å². The maximum absolute atomic E-state index is 3.32. The van der Waals surface area contributed by atoms with Crippen molar-refractivity contribution in [2.45, 2.75) is 47.0 Å². The molecule has 0 saturated carbocycles. The molecule has 0 aliphatic heterocycles. The van der Waals surface area contributed by atoms with Gasteiger partial charge in [0.2, 0.25) is 0 Å². The molecule has 18 heavy (non-hydrogen) atoms. The first-order valence-electron chi connectivity index (χ1n) is 7.31. The molecule has 0 aromatic heterocycles. The van der Waals surface area contributed by atoms with Gasteiger partial charge in [0.25, 0.3) is 0 Å². The summed E-state index contributed by atoms with van der Waals surface area (Å²) in [6.45, 7) is 9.84. The highest BCUT2D eigenvalue weighted by atomic mass is 14.8. The van der Waals surface area contributed by atoms with Crippen LogP contribution in [0.5, 0.6) is 0 Å². The predicted octanol–water partition coefficient (Wildman–Crippen LogP) is 4.73. The molecular weight excluding hydrogens is 218 g/mol. The molecular formula is C17H31N. The van der Waals surface area contributed by atoms with E-state index >= 15 is 0 Å². The van der Waals surface area contributed by atoms with Crippen molar-refractivity contribution >= 4 is 0 Å². The normalized spacial score (nSPS) is 15.1. The standard InChI is InChI=1S/C17H31N/c1-6-8-10-16(13-12-15(3)4)17(14-18-5)11-9-7-2/h6,8,10,12-13,15,17-18H,7,9,11,14H2,1-5H3/b8-6-,13-12-,16-10+. The summed E-state index contributed by atoms with van der Waals surface area (Å²) < 4.78 is 0. The lowest BCUT2D eigenvalue weighted by atomic mass is 9.91. The van der Waals surface area contributed by atoms with Crippen LogP contribution in [0.3, 0.4) is 0 Å². The molecule has 0 rings (SSSR count). The van der Waals surface area contributed by atoms with E-state index in [1.807, 2.05) is 7.05 Å². The molecule has 0 aromatic rings. The molecule has 0 fully saturated rings. The minimum Gasteiger partial charge on any atom is -0.319 e. The van der Waals surface area contributed by atoms with E-state index < -0.39 is 0 Å². The van der Waals surface area contributed by atoms with E-state index in [0.717, 1.165) is 6.54 Å². The van der Waals surface area contributed by atoms with Gasteiger partial charge >= 0.3 is 0 Å². The van der Waals surface area contributed by atoms with Gasteiger partial charge < -0.3 is 5.32 Å². The molecule has 0 aromatic carbocycles. The molecule has 0 saturated heterocycles. The lowest BCUT2D eigenvalue weighted by Crippen LogP contribution is -2.20. The first-order valence-corrected chi connectivity index (χ1v) is 7.31. The largest absolute Gasteiger partial charge is 0.319 e. The Balaban J connectivity index is 4.84. The van der Waals surface area contributed by atoms with Crippen molar-refractivity contribution in [3.63, 3.8) is 0 Å². The fraction of sp³-hybridized carbons (Fsp3) is 0.647. The second-order valence-electron chi connectivity index (χ2n) is 5.19. The number of rotatable bonds is 9. The zero-order valence-electron chi connectivity index (χ0n) is 12.9. The van der Waals surface area contributed by atoms with Crippen molar-refractivity contribution in [3.05, 3.63) is 36.0 Å². The van der Waals surface area contributed by atoms with Crippen molar-refractivity contribution in [1.29, 1.82) is 0 Å². The smallest absolute Gasteiger partial charge is 0.00171 e. The van der Waals surface area contributed by atoms with E-state index in [1.54, 1.807) is 0 Å². The zero-order chi connectivity index (χ0) is 13.8. The highest BCUT2D eigenvalue weighted by Crippen LogP contribution is 2.20. The molecule has 1 atom stereocenters. The quantitative estimate of drug-likeness (QED) is 0.583. The molecule has 0 radical (unpaired) electrons. The van der Waals surface area contributed by atoms with Crippen LogP contribution >= 0.6 is 0 Å². The van der Waals surface area contributed by atoms with Gasteiger partial charge in [-0.25, -0.2) is 0 Å². The number of unbranched alkanes of at least 4 members (excludes halogenated alkanes) is 1. The molecule has 0 aliphatic rings. The van der Waals surface area contributed by atoms with Crippen LogP contribution in [0.25, 0.3) is 0 Å². The van der Waals surface area contributed by atoms with Crippen LogP contribution in [0.15, 0.2) is 36.0 Å². The van der Waals surface area contributed by atoms with Gasteiger partial charge in [-0.05, 0) is 37.8 Å². The molecule has 0 bridgehead atoms. The minimum absolute atomic E-state index is 0.611. The second kappa shape index (κ2) is 11.3. The molecule has 1 N–H and O–H groups in total. The van der Waals surface area contributed by atoms with E-state index in [0.29, 0.717) is 11.8 Å². The van der Waals surface area contributed by atoms with E-state index in [9.17, 15) is 0 Å². The van der Waals surface area contributed by atoms with Gasteiger partial charge in [0.1, 0.15) is 0 Å². The molecule has 104 valence electrons. The van der Waals surface area contributed by atoms with Crippen LogP contribution in [0, 0.1) is 11.8 Å². The zero-order valence-corrected chi connectivity index (χ0v) is 12.9. The fourth-order valence-electron chi connectivity index (χ4n) is 1.92. The third kappa shape index (κ3) is 8.30. The molecule has 0 amide bonds. The molecule has 1 nitrogen and oxygen atoms in total. The Bertz CT molecular complexity index is 271. The van der Waals surface area contributed by atoms with Gasteiger partial charge in [-0.15, -0.1) is 0 Å². The topological polar surface area (TPSA) is 12.0 Å². The Morgan fingerprint density at radius 2 is 2.00 bits per heavy atom. The summed E-state index contributed by atoms with van der Waals surface area (Å²) in [5.74, 6) is 1.24. The first kappa shape index (κ1) is 17.2. The molecule has 0 spiro atoms. The fourth-order valence-corrected chi connectivity index (χ4v) is 1.92. The van der Waals surface area contributed by atoms with E-state index in [1.165, 1.54) is 24.8 Å². The van der Waals surface area contributed by atoms with Gasteiger partial charge in [-0.3, -0.25) is 0 Å².